The maximum Gasteiger partial charge on any atom is 0.145 e. The predicted molar refractivity (Wildman–Crippen MR) is 73.8 cm³/mol. The van der Waals surface area contributed by atoms with E-state index in [2.05, 4.69) is 22.2 Å². The maximum atomic E-state index is 5.47. The number of para-hydroxylation sites is 2. The number of aromatic nitrogens is 2. The van der Waals surface area contributed by atoms with Crippen LogP contribution >= 0.6 is 0 Å². The van der Waals surface area contributed by atoms with Crippen molar-refractivity contribution in [3.63, 3.8) is 0 Å². The first-order chi connectivity index (χ1) is 8.90. The van der Waals surface area contributed by atoms with Crippen molar-refractivity contribution < 1.29 is 4.74 Å². The van der Waals surface area contributed by atoms with Crippen LogP contribution in [0, 0.1) is 0 Å². The number of nitrogens with zero attached hydrogens (tertiary/aromatic N) is 2. The molecule has 0 saturated carbocycles. The van der Waals surface area contributed by atoms with Gasteiger partial charge in [0.25, 0.3) is 0 Å². The number of benzene rings is 1. The average Bonchev–Trinajstić information content (AvgIpc) is 2.42. The molecule has 2 rings (SSSR count). The lowest BCUT2D eigenvalue weighted by Crippen LogP contribution is -2.11. The minimum atomic E-state index is 0.703. The van der Waals surface area contributed by atoms with Crippen LogP contribution in [0.4, 0.5) is 5.82 Å². The summed E-state index contributed by atoms with van der Waals surface area (Å²) >= 11 is 0. The van der Waals surface area contributed by atoms with Crippen molar-refractivity contribution in [2.75, 3.05) is 25.1 Å². The summed E-state index contributed by atoms with van der Waals surface area (Å²) in [5, 5.41) is 3.22. The second-order valence-corrected chi connectivity index (χ2v) is 4.14. The first kappa shape index (κ1) is 12.8. The molecule has 2 aromatic rings. The Morgan fingerprint density at radius 1 is 1.17 bits per heavy atom. The van der Waals surface area contributed by atoms with Gasteiger partial charge < -0.3 is 10.1 Å². The third-order valence-electron chi connectivity index (χ3n) is 2.64. The molecule has 18 heavy (non-hydrogen) atoms. The van der Waals surface area contributed by atoms with Crippen LogP contribution in [0.5, 0.6) is 0 Å². The molecule has 1 aromatic carbocycles. The summed E-state index contributed by atoms with van der Waals surface area (Å²) in [6.45, 7) is 4.46. The van der Waals surface area contributed by atoms with E-state index in [9.17, 15) is 0 Å². The number of hydrogen-bond acceptors (Lipinski definition) is 4. The van der Waals surface area contributed by atoms with E-state index in [4.69, 9.17) is 4.74 Å². The van der Waals surface area contributed by atoms with E-state index in [1.807, 2.05) is 24.3 Å². The Morgan fingerprint density at radius 2 is 2.00 bits per heavy atom. The van der Waals surface area contributed by atoms with Crippen molar-refractivity contribution in [1.82, 2.24) is 9.97 Å². The molecule has 0 atom stereocenters. The third-order valence-corrected chi connectivity index (χ3v) is 2.64. The number of unbranched alkanes of at least 4 members (excludes halogenated alkanes) is 1. The van der Waals surface area contributed by atoms with Crippen LogP contribution in [0.1, 0.15) is 19.8 Å². The fourth-order valence-electron chi connectivity index (χ4n) is 1.64. The highest BCUT2D eigenvalue weighted by atomic mass is 16.5. The quantitative estimate of drug-likeness (QED) is 0.762. The Balaban J connectivity index is 1.81. The van der Waals surface area contributed by atoms with E-state index in [1.54, 1.807) is 6.20 Å². The zero-order valence-electron chi connectivity index (χ0n) is 10.7. The van der Waals surface area contributed by atoms with Gasteiger partial charge in [0.05, 0.1) is 23.8 Å². The molecule has 0 bridgehead atoms. The molecule has 0 amide bonds. The van der Waals surface area contributed by atoms with Gasteiger partial charge in [0.2, 0.25) is 0 Å². The summed E-state index contributed by atoms with van der Waals surface area (Å²) in [7, 11) is 0. The molecule has 0 spiro atoms. The minimum absolute atomic E-state index is 0.703. The van der Waals surface area contributed by atoms with Crippen LogP contribution in [0.2, 0.25) is 0 Å². The zero-order valence-corrected chi connectivity index (χ0v) is 10.7. The number of rotatable bonds is 7. The molecule has 0 aliphatic heterocycles. The second-order valence-electron chi connectivity index (χ2n) is 4.14. The van der Waals surface area contributed by atoms with Crippen LogP contribution in [0.15, 0.2) is 30.5 Å². The molecular formula is C14H19N3O. The zero-order chi connectivity index (χ0) is 12.6. The number of fused-ring (bicyclic) bond motifs is 1. The Kier molecular flexibility index (Phi) is 4.90. The highest BCUT2D eigenvalue weighted by Crippen LogP contribution is 2.10. The minimum Gasteiger partial charge on any atom is -0.380 e. The largest absolute Gasteiger partial charge is 0.380 e. The highest BCUT2D eigenvalue weighted by molar-refractivity contribution is 5.75. The van der Waals surface area contributed by atoms with Gasteiger partial charge in [0, 0.05) is 13.2 Å². The van der Waals surface area contributed by atoms with Crippen LogP contribution < -0.4 is 5.32 Å². The average molecular weight is 245 g/mol. The summed E-state index contributed by atoms with van der Waals surface area (Å²) in [5.74, 6) is 0.799. The molecule has 96 valence electrons. The molecule has 0 saturated heterocycles. The lowest BCUT2D eigenvalue weighted by molar-refractivity contribution is 0.141. The molecule has 1 N–H and O–H groups in total. The van der Waals surface area contributed by atoms with E-state index < -0.39 is 0 Å². The van der Waals surface area contributed by atoms with Gasteiger partial charge in [-0.3, -0.25) is 4.98 Å². The monoisotopic (exact) mass is 245 g/mol. The van der Waals surface area contributed by atoms with Crippen molar-refractivity contribution in [3.8, 4) is 0 Å². The fraction of sp³-hybridized carbons (Fsp3) is 0.429. The van der Waals surface area contributed by atoms with E-state index in [0.717, 1.165) is 36.4 Å². The maximum absolute atomic E-state index is 5.47. The molecule has 1 heterocycles. The highest BCUT2D eigenvalue weighted by Gasteiger charge is 1.98. The number of nitrogens with one attached hydrogen (secondary N) is 1. The van der Waals surface area contributed by atoms with Crippen molar-refractivity contribution in [1.29, 1.82) is 0 Å². The SMILES string of the molecule is CCCCOCCNc1cnc2ccccc2n1. The molecule has 0 unspecified atom stereocenters. The lowest BCUT2D eigenvalue weighted by Gasteiger charge is -2.06. The first-order valence-electron chi connectivity index (χ1n) is 6.43. The molecule has 0 radical (unpaired) electrons. The second kappa shape index (κ2) is 6.91. The van der Waals surface area contributed by atoms with E-state index >= 15 is 0 Å². The third kappa shape index (κ3) is 3.67. The van der Waals surface area contributed by atoms with Crippen molar-refractivity contribution >= 4 is 16.9 Å². The Labute approximate surface area is 107 Å². The van der Waals surface area contributed by atoms with Gasteiger partial charge in [0.1, 0.15) is 5.82 Å². The Bertz CT molecular complexity index is 487. The molecule has 4 nitrogen and oxygen atoms in total. The molecule has 0 aliphatic rings. The van der Waals surface area contributed by atoms with E-state index in [-0.39, 0.29) is 0 Å². The molecular weight excluding hydrogens is 226 g/mol. The summed E-state index contributed by atoms with van der Waals surface area (Å²) in [6, 6.07) is 7.85. The standard InChI is InChI=1S/C14H19N3O/c1-2-3-9-18-10-8-15-14-11-16-12-6-4-5-7-13(12)17-14/h4-7,11H,2-3,8-10H2,1H3,(H,15,17). The molecule has 0 fully saturated rings. The summed E-state index contributed by atoms with van der Waals surface area (Å²) in [6.07, 6.45) is 4.05. The number of hydrogen-bond donors (Lipinski definition) is 1. The van der Waals surface area contributed by atoms with Gasteiger partial charge in [-0.05, 0) is 18.6 Å². The number of anilines is 1. The molecule has 1 aromatic heterocycles. The molecule has 4 heteroatoms. The van der Waals surface area contributed by atoms with Crippen LogP contribution in [-0.4, -0.2) is 29.7 Å². The Hall–Kier alpha value is -1.68. The van der Waals surface area contributed by atoms with Crippen LogP contribution in [0.25, 0.3) is 11.0 Å². The normalized spacial score (nSPS) is 10.7. The van der Waals surface area contributed by atoms with Crippen molar-refractivity contribution in [2.24, 2.45) is 0 Å². The van der Waals surface area contributed by atoms with Crippen LogP contribution in [-0.2, 0) is 4.74 Å². The van der Waals surface area contributed by atoms with Gasteiger partial charge in [-0.25, -0.2) is 4.98 Å². The lowest BCUT2D eigenvalue weighted by atomic mass is 10.3. The predicted octanol–water partition coefficient (Wildman–Crippen LogP) is 2.86. The number of ether oxygens (including phenoxy) is 1. The summed E-state index contributed by atoms with van der Waals surface area (Å²) < 4.78 is 5.47. The topological polar surface area (TPSA) is 47.0 Å². The van der Waals surface area contributed by atoms with E-state index in [0.29, 0.717) is 6.61 Å². The molecule has 0 aliphatic carbocycles. The first-order valence-corrected chi connectivity index (χ1v) is 6.43. The van der Waals surface area contributed by atoms with Gasteiger partial charge in [-0.15, -0.1) is 0 Å². The van der Waals surface area contributed by atoms with Crippen molar-refractivity contribution in [2.45, 2.75) is 19.8 Å². The van der Waals surface area contributed by atoms with Gasteiger partial charge >= 0.3 is 0 Å². The van der Waals surface area contributed by atoms with Crippen molar-refractivity contribution in [3.05, 3.63) is 30.5 Å². The summed E-state index contributed by atoms with van der Waals surface area (Å²) in [4.78, 5) is 8.82. The van der Waals surface area contributed by atoms with Gasteiger partial charge in [0.15, 0.2) is 0 Å². The van der Waals surface area contributed by atoms with Gasteiger partial charge in [-0.1, -0.05) is 25.5 Å². The van der Waals surface area contributed by atoms with Gasteiger partial charge in [-0.2, -0.15) is 0 Å². The summed E-state index contributed by atoms with van der Waals surface area (Å²) in [5.41, 5.74) is 1.83. The smallest absolute Gasteiger partial charge is 0.145 e. The van der Waals surface area contributed by atoms with Crippen LogP contribution in [0.3, 0.4) is 0 Å². The van der Waals surface area contributed by atoms with E-state index in [1.165, 1.54) is 6.42 Å². The Morgan fingerprint density at radius 3 is 2.83 bits per heavy atom. The fourth-order valence-corrected chi connectivity index (χ4v) is 1.64.